The van der Waals surface area contributed by atoms with Crippen molar-refractivity contribution in [1.29, 1.82) is 0 Å². The molecule has 2 heterocycles. The van der Waals surface area contributed by atoms with Gasteiger partial charge in [0.05, 0.1) is 6.61 Å². The van der Waals surface area contributed by atoms with Crippen LogP contribution in [-0.4, -0.2) is 23.5 Å². The summed E-state index contributed by atoms with van der Waals surface area (Å²) in [4.78, 5) is 15.5. The molecule has 0 aliphatic carbocycles. The van der Waals surface area contributed by atoms with Crippen LogP contribution in [0.2, 0.25) is 0 Å². The fraction of sp³-hybridized carbons (Fsp3) is 0.500. The first-order valence-corrected chi connectivity index (χ1v) is 6.99. The number of hydrogen-bond donors (Lipinski definition) is 0. The first-order chi connectivity index (χ1) is 10.2. The third-order valence-electron chi connectivity index (χ3n) is 3.57. The summed E-state index contributed by atoms with van der Waals surface area (Å²) in [6, 6.07) is 5.61. The van der Waals surface area contributed by atoms with Crippen LogP contribution in [-0.2, 0) is 16.0 Å². The molecule has 1 aromatic carbocycles. The van der Waals surface area contributed by atoms with Crippen molar-refractivity contribution in [2.24, 2.45) is 5.16 Å². The number of benzene rings is 1. The van der Waals surface area contributed by atoms with Crippen LogP contribution in [0.4, 0.5) is 0 Å². The SMILES string of the molecule is CCCCOc1cccc2c1C[C@H]1O[C@@H]2ON=C1[N+](=O)[O-]. The van der Waals surface area contributed by atoms with Gasteiger partial charge in [0.15, 0.2) is 11.3 Å². The minimum Gasteiger partial charge on any atom is -0.493 e. The maximum absolute atomic E-state index is 10.9. The van der Waals surface area contributed by atoms with E-state index in [-0.39, 0.29) is 5.84 Å². The van der Waals surface area contributed by atoms with E-state index in [1.165, 1.54) is 0 Å². The Bertz CT molecular complexity index is 587. The topological polar surface area (TPSA) is 83.2 Å². The van der Waals surface area contributed by atoms with Gasteiger partial charge in [-0.25, -0.2) is 0 Å². The number of rotatable bonds is 4. The van der Waals surface area contributed by atoms with Crippen molar-refractivity contribution < 1.29 is 19.2 Å². The first-order valence-electron chi connectivity index (χ1n) is 6.99. The van der Waals surface area contributed by atoms with Crippen LogP contribution in [0, 0.1) is 10.1 Å². The fourth-order valence-corrected chi connectivity index (χ4v) is 2.48. The number of ether oxygens (including phenoxy) is 2. The predicted molar refractivity (Wildman–Crippen MR) is 73.7 cm³/mol. The van der Waals surface area contributed by atoms with E-state index in [0.29, 0.717) is 13.0 Å². The average Bonchev–Trinajstić information content (AvgIpc) is 2.48. The summed E-state index contributed by atoms with van der Waals surface area (Å²) in [5.41, 5.74) is 1.73. The fourth-order valence-electron chi connectivity index (χ4n) is 2.48. The van der Waals surface area contributed by atoms with Crippen molar-refractivity contribution in [1.82, 2.24) is 0 Å². The smallest absolute Gasteiger partial charge is 0.414 e. The Morgan fingerprint density at radius 1 is 1.52 bits per heavy atom. The van der Waals surface area contributed by atoms with Crippen LogP contribution in [0.3, 0.4) is 0 Å². The predicted octanol–water partition coefficient (Wildman–Crippen LogP) is 2.43. The molecular weight excluding hydrogens is 276 g/mol. The maximum Gasteiger partial charge on any atom is 0.414 e. The molecule has 0 aromatic heterocycles. The van der Waals surface area contributed by atoms with Crippen LogP contribution in [0.15, 0.2) is 23.4 Å². The van der Waals surface area contributed by atoms with Gasteiger partial charge in [-0.3, -0.25) is 4.84 Å². The quantitative estimate of drug-likeness (QED) is 0.483. The molecule has 0 N–H and O–H groups in total. The number of oxime groups is 1. The number of nitro groups is 1. The zero-order valence-corrected chi connectivity index (χ0v) is 11.7. The van der Waals surface area contributed by atoms with Gasteiger partial charge in [0, 0.05) is 17.5 Å². The number of hydrogen-bond acceptors (Lipinski definition) is 6. The highest BCUT2D eigenvalue weighted by atomic mass is 16.8. The standard InChI is InChI=1S/C14H16N2O5/c1-2-3-7-19-11-6-4-5-9-10(11)8-12-13(16(17)18)15-21-14(9)20-12/h4-6,12,14H,2-3,7-8H2,1H3/t12-,14-/m1/s1. The Labute approximate surface area is 121 Å². The molecule has 1 aromatic rings. The van der Waals surface area contributed by atoms with Crippen molar-refractivity contribution in [2.45, 2.75) is 38.6 Å². The molecule has 2 aliphatic rings. The number of fused-ring (bicyclic) bond motifs is 4. The van der Waals surface area contributed by atoms with E-state index in [1.54, 1.807) is 0 Å². The molecule has 112 valence electrons. The molecule has 7 nitrogen and oxygen atoms in total. The van der Waals surface area contributed by atoms with E-state index in [1.807, 2.05) is 18.2 Å². The number of nitrogens with zero attached hydrogens (tertiary/aromatic N) is 2. The lowest BCUT2D eigenvalue weighted by molar-refractivity contribution is -0.375. The normalized spacial score (nSPS) is 22.8. The van der Waals surface area contributed by atoms with Crippen molar-refractivity contribution >= 4 is 5.84 Å². The van der Waals surface area contributed by atoms with Gasteiger partial charge in [-0.1, -0.05) is 25.5 Å². The molecule has 0 saturated heterocycles. The number of unbranched alkanes of at least 4 members (excludes halogenated alkanes) is 1. The van der Waals surface area contributed by atoms with E-state index in [9.17, 15) is 10.1 Å². The van der Waals surface area contributed by atoms with Crippen LogP contribution in [0.5, 0.6) is 5.75 Å². The molecule has 0 saturated carbocycles. The molecule has 3 rings (SSSR count). The largest absolute Gasteiger partial charge is 0.493 e. The van der Waals surface area contributed by atoms with Gasteiger partial charge in [-0.2, -0.15) is 0 Å². The van der Waals surface area contributed by atoms with Crippen LogP contribution >= 0.6 is 0 Å². The van der Waals surface area contributed by atoms with E-state index < -0.39 is 17.3 Å². The van der Waals surface area contributed by atoms with Crippen molar-refractivity contribution in [3.05, 3.63) is 39.4 Å². The molecule has 0 amide bonds. The van der Waals surface area contributed by atoms with Crippen LogP contribution in [0.1, 0.15) is 37.2 Å². The third kappa shape index (κ3) is 2.56. The lowest BCUT2D eigenvalue weighted by atomic mass is 9.96. The van der Waals surface area contributed by atoms with Gasteiger partial charge in [0.25, 0.3) is 6.29 Å². The Balaban J connectivity index is 1.88. The molecule has 0 unspecified atom stereocenters. The molecule has 2 atom stereocenters. The van der Waals surface area contributed by atoms with Gasteiger partial charge in [-0.15, -0.1) is 0 Å². The lowest BCUT2D eigenvalue weighted by Crippen LogP contribution is -2.41. The summed E-state index contributed by atoms with van der Waals surface area (Å²) < 4.78 is 11.3. The highest BCUT2D eigenvalue weighted by molar-refractivity contribution is 5.79. The molecule has 0 fully saturated rings. The highest BCUT2D eigenvalue weighted by Gasteiger charge is 2.44. The van der Waals surface area contributed by atoms with E-state index >= 15 is 0 Å². The van der Waals surface area contributed by atoms with Gasteiger partial charge < -0.3 is 19.6 Å². The van der Waals surface area contributed by atoms with Crippen molar-refractivity contribution in [3.8, 4) is 5.75 Å². The Morgan fingerprint density at radius 3 is 3.14 bits per heavy atom. The van der Waals surface area contributed by atoms with Gasteiger partial charge in [0.1, 0.15) is 5.75 Å². The molecule has 0 spiro atoms. The molecule has 0 radical (unpaired) electrons. The van der Waals surface area contributed by atoms with Gasteiger partial charge >= 0.3 is 5.84 Å². The van der Waals surface area contributed by atoms with Gasteiger partial charge in [0.2, 0.25) is 0 Å². The zero-order valence-electron chi connectivity index (χ0n) is 11.7. The third-order valence-corrected chi connectivity index (χ3v) is 3.57. The summed E-state index contributed by atoms with van der Waals surface area (Å²) in [5.74, 6) is 0.452. The summed E-state index contributed by atoms with van der Waals surface area (Å²) in [6.07, 6.45) is 0.993. The monoisotopic (exact) mass is 292 g/mol. The summed E-state index contributed by atoms with van der Waals surface area (Å²) in [6.45, 7) is 2.72. The zero-order chi connectivity index (χ0) is 14.8. The highest BCUT2D eigenvalue weighted by Crippen LogP contribution is 2.39. The number of amidine groups is 1. The minimum absolute atomic E-state index is 0.291. The van der Waals surface area contributed by atoms with Gasteiger partial charge in [-0.05, 0) is 17.4 Å². The molecule has 2 aliphatic heterocycles. The first kappa shape index (κ1) is 13.8. The lowest BCUT2D eigenvalue weighted by Gasteiger charge is -2.30. The molecule has 7 heteroatoms. The minimum atomic E-state index is -0.697. The van der Waals surface area contributed by atoms with Crippen LogP contribution in [0.25, 0.3) is 0 Å². The van der Waals surface area contributed by atoms with Crippen molar-refractivity contribution in [2.75, 3.05) is 6.61 Å². The van der Waals surface area contributed by atoms with E-state index in [0.717, 1.165) is 29.7 Å². The summed E-state index contributed by atoms with van der Waals surface area (Å²) in [5, 5.41) is 14.5. The molecule has 2 bridgehead atoms. The summed E-state index contributed by atoms with van der Waals surface area (Å²) in [7, 11) is 0. The molecule has 21 heavy (non-hydrogen) atoms. The Kier molecular flexibility index (Phi) is 3.74. The second kappa shape index (κ2) is 5.69. The Hall–Kier alpha value is -2.15. The average molecular weight is 292 g/mol. The van der Waals surface area contributed by atoms with E-state index in [2.05, 4.69) is 12.1 Å². The van der Waals surface area contributed by atoms with Crippen LogP contribution < -0.4 is 4.74 Å². The molecular formula is C14H16N2O5. The second-order valence-electron chi connectivity index (χ2n) is 5.00. The summed E-state index contributed by atoms with van der Waals surface area (Å²) >= 11 is 0. The maximum atomic E-state index is 10.9. The Morgan fingerprint density at radius 2 is 2.38 bits per heavy atom. The second-order valence-corrected chi connectivity index (χ2v) is 5.00. The van der Waals surface area contributed by atoms with E-state index in [4.69, 9.17) is 14.3 Å². The van der Waals surface area contributed by atoms with Crippen molar-refractivity contribution in [3.63, 3.8) is 0 Å².